The Balaban J connectivity index is 2.05. The molecule has 1 aliphatic heterocycles. The van der Waals surface area contributed by atoms with Crippen molar-refractivity contribution in [2.75, 3.05) is 11.1 Å². The fourth-order valence-corrected chi connectivity index (χ4v) is 4.72. The van der Waals surface area contributed by atoms with E-state index in [1.807, 2.05) is 0 Å². The number of amides is 1. The third-order valence-electron chi connectivity index (χ3n) is 5.06. The number of rotatable bonds is 3. The van der Waals surface area contributed by atoms with E-state index in [0.29, 0.717) is 0 Å². The van der Waals surface area contributed by atoms with Gasteiger partial charge in [0, 0.05) is 17.3 Å². The number of nitrogens with one attached hydrogen (secondary N) is 1. The van der Waals surface area contributed by atoms with Crippen LogP contribution in [-0.4, -0.2) is 35.6 Å². The zero-order valence-electron chi connectivity index (χ0n) is 16.3. The summed E-state index contributed by atoms with van der Waals surface area (Å²) in [5, 5.41) is 2.33. The van der Waals surface area contributed by atoms with Gasteiger partial charge in [0.25, 0.3) is 5.91 Å². The SMILES string of the molecule is CC1(c2cc(NC(=O)c3ccc(F)cn3)cc(F)c2F)CS(=O)(=O)C(C)(C)C(N)=N1. The highest BCUT2D eigenvalue weighted by Gasteiger charge is 2.49. The van der Waals surface area contributed by atoms with Gasteiger partial charge in [-0.15, -0.1) is 0 Å². The molecule has 1 aromatic carbocycles. The lowest BCUT2D eigenvalue weighted by molar-refractivity contribution is 0.102. The van der Waals surface area contributed by atoms with Gasteiger partial charge < -0.3 is 11.1 Å². The van der Waals surface area contributed by atoms with Gasteiger partial charge in [0.2, 0.25) is 0 Å². The number of amidine groups is 1. The summed E-state index contributed by atoms with van der Waals surface area (Å²) in [6.07, 6.45) is 0.832. The van der Waals surface area contributed by atoms with Crippen LogP contribution in [0.4, 0.5) is 18.9 Å². The molecule has 2 heterocycles. The highest BCUT2D eigenvalue weighted by molar-refractivity contribution is 7.93. The van der Waals surface area contributed by atoms with Crippen LogP contribution in [0.5, 0.6) is 0 Å². The molecule has 30 heavy (non-hydrogen) atoms. The lowest BCUT2D eigenvalue weighted by atomic mass is 9.92. The van der Waals surface area contributed by atoms with Gasteiger partial charge in [-0.05, 0) is 39.0 Å². The first kappa shape index (κ1) is 21.8. The minimum absolute atomic E-state index is 0.154. The molecule has 0 aliphatic carbocycles. The average Bonchev–Trinajstić information content (AvgIpc) is 2.63. The van der Waals surface area contributed by atoms with Crippen LogP contribution in [0.1, 0.15) is 36.8 Å². The Bertz CT molecular complexity index is 1160. The van der Waals surface area contributed by atoms with Gasteiger partial charge in [-0.1, -0.05) is 0 Å². The normalized spacial score (nSPS) is 22.3. The molecule has 3 rings (SSSR count). The predicted octanol–water partition coefficient (Wildman–Crippen LogP) is 2.53. The van der Waals surface area contributed by atoms with Crippen molar-refractivity contribution < 1.29 is 26.4 Å². The molecule has 0 radical (unpaired) electrons. The van der Waals surface area contributed by atoms with Crippen LogP contribution in [0.3, 0.4) is 0 Å². The number of aliphatic imine (C=N–C) groups is 1. The third-order valence-corrected chi connectivity index (χ3v) is 7.77. The second kappa shape index (κ2) is 7.08. The summed E-state index contributed by atoms with van der Waals surface area (Å²) in [6, 6.07) is 3.96. The first-order chi connectivity index (χ1) is 13.8. The maximum absolute atomic E-state index is 14.6. The Labute approximate surface area is 171 Å². The summed E-state index contributed by atoms with van der Waals surface area (Å²) in [6.45, 7) is 4.08. The van der Waals surface area contributed by atoms with Crippen LogP contribution < -0.4 is 11.1 Å². The molecular formula is C19H19F3N4O3S. The largest absolute Gasteiger partial charge is 0.386 e. The van der Waals surface area contributed by atoms with Crippen molar-refractivity contribution in [3.63, 3.8) is 0 Å². The number of sulfone groups is 1. The van der Waals surface area contributed by atoms with Gasteiger partial charge in [0.1, 0.15) is 27.6 Å². The zero-order chi connectivity index (χ0) is 22.5. The molecule has 1 aromatic heterocycles. The van der Waals surface area contributed by atoms with Crippen LogP contribution in [0.15, 0.2) is 35.5 Å². The Kier molecular flexibility index (Phi) is 5.13. The predicted molar refractivity (Wildman–Crippen MR) is 105 cm³/mol. The number of halogens is 3. The van der Waals surface area contributed by atoms with Crippen molar-refractivity contribution in [1.82, 2.24) is 4.98 Å². The molecule has 1 amide bonds. The average molecular weight is 440 g/mol. The molecule has 160 valence electrons. The summed E-state index contributed by atoms with van der Waals surface area (Å²) in [7, 11) is -3.86. The Morgan fingerprint density at radius 3 is 2.40 bits per heavy atom. The Morgan fingerprint density at radius 2 is 1.83 bits per heavy atom. The number of anilines is 1. The number of pyridine rings is 1. The summed E-state index contributed by atoms with van der Waals surface area (Å²) in [5.74, 6) is -4.90. The second-order valence-electron chi connectivity index (χ2n) is 7.68. The zero-order valence-corrected chi connectivity index (χ0v) is 17.1. The van der Waals surface area contributed by atoms with Gasteiger partial charge >= 0.3 is 0 Å². The molecule has 7 nitrogen and oxygen atoms in total. The first-order valence-corrected chi connectivity index (χ1v) is 10.4. The lowest BCUT2D eigenvalue weighted by Gasteiger charge is -2.38. The van der Waals surface area contributed by atoms with Crippen molar-refractivity contribution >= 4 is 27.3 Å². The number of carbonyl (C=O) groups is 1. The summed E-state index contributed by atoms with van der Waals surface area (Å²) < 4.78 is 65.8. The van der Waals surface area contributed by atoms with E-state index in [1.165, 1.54) is 20.8 Å². The van der Waals surface area contributed by atoms with Crippen molar-refractivity contribution in [1.29, 1.82) is 0 Å². The number of nitrogens with two attached hydrogens (primary N) is 1. The van der Waals surface area contributed by atoms with Gasteiger partial charge in [-0.25, -0.2) is 26.6 Å². The molecule has 1 unspecified atom stereocenters. The highest BCUT2D eigenvalue weighted by atomic mass is 32.2. The fourth-order valence-electron chi connectivity index (χ4n) is 3.04. The fraction of sp³-hybridized carbons (Fsp3) is 0.316. The monoisotopic (exact) mass is 440 g/mol. The maximum atomic E-state index is 14.6. The van der Waals surface area contributed by atoms with E-state index >= 15 is 0 Å². The molecular weight excluding hydrogens is 421 g/mol. The molecule has 2 aromatic rings. The van der Waals surface area contributed by atoms with Crippen LogP contribution in [0.2, 0.25) is 0 Å². The molecule has 0 spiro atoms. The molecule has 1 atom stereocenters. The van der Waals surface area contributed by atoms with Crippen molar-refractivity contribution in [2.24, 2.45) is 10.7 Å². The van der Waals surface area contributed by atoms with E-state index in [1.54, 1.807) is 0 Å². The first-order valence-electron chi connectivity index (χ1n) is 8.77. The van der Waals surface area contributed by atoms with Crippen LogP contribution in [-0.2, 0) is 15.4 Å². The standard InChI is InChI=1S/C19H19F3N4O3S/c1-18(2)17(23)26-19(3,9-30(18,28)29)12-6-11(7-13(21)15(12)22)25-16(27)14-5-4-10(20)8-24-14/h4-8H,9H2,1-3H3,(H2,23,26)(H,25,27). The Hall–Kier alpha value is -2.95. The molecule has 3 N–H and O–H groups in total. The van der Waals surface area contributed by atoms with E-state index in [9.17, 15) is 26.4 Å². The Morgan fingerprint density at radius 1 is 1.17 bits per heavy atom. The van der Waals surface area contributed by atoms with Gasteiger partial charge in [-0.3, -0.25) is 9.79 Å². The lowest BCUT2D eigenvalue weighted by Crippen LogP contribution is -2.55. The maximum Gasteiger partial charge on any atom is 0.274 e. The highest BCUT2D eigenvalue weighted by Crippen LogP contribution is 2.39. The van der Waals surface area contributed by atoms with Gasteiger partial charge in [0.15, 0.2) is 21.5 Å². The van der Waals surface area contributed by atoms with E-state index in [0.717, 1.165) is 30.5 Å². The molecule has 11 heteroatoms. The smallest absolute Gasteiger partial charge is 0.274 e. The minimum Gasteiger partial charge on any atom is -0.386 e. The van der Waals surface area contributed by atoms with Crippen LogP contribution >= 0.6 is 0 Å². The van der Waals surface area contributed by atoms with E-state index in [-0.39, 0.29) is 22.8 Å². The number of aromatic nitrogens is 1. The molecule has 0 bridgehead atoms. The van der Waals surface area contributed by atoms with Crippen molar-refractivity contribution in [3.05, 3.63) is 59.2 Å². The quantitative estimate of drug-likeness (QED) is 0.761. The number of hydrogen-bond donors (Lipinski definition) is 2. The number of hydrogen-bond acceptors (Lipinski definition) is 6. The molecule has 0 saturated carbocycles. The number of benzene rings is 1. The van der Waals surface area contributed by atoms with Crippen molar-refractivity contribution in [3.8, 4) is 0 Å². The molecule has 0 fully saturated rings. The van der Waals surface area contributed by atoms with Crippen LogP contribution in [0, 0.1) is 17.5 Å². The molecule has 1 aliphatic rings. The minimum atomic E-state index is -3.86. The topological polar surface area (TPSA) is 115 Å². The van der Waals surface area contributed by atoms with Crippen molar-refractivity contribution in [2.45, 2.75) is 31.1 Å². The van der Waals surface area contributed by atoms with Gasteiger partial charge in [-0.2, -0.15) is 0 Å². The number of nitrogens with zero attached hydrogens (tertiary/aromatic N) is 2. The summed E-state index contributed by atoms with van der Waals surface area (Å²) in [5.41, 5.74) is 3.44. The van der Waals surface area contributed by atoms with Gasteiger partial charge in [0.05, 0.1) is 11.9 Å². The van der Waals surface area contributed by atoms with Crippen LogP contribution in [0.25, 0.3) is 0 Å². The van der Waals surface area contributed by atoms with E-state index in [4.69, 9.17) is 5.73 Å². The van der Waals surface area contributed by atoms with E-state index < -0.39 is 49.2 Å². The van der Waals surface area contributed by atoms with E-state index in [2.05, 4.69) is 15.3 Å². The third kappa shape index (κ3) is 3.64. The number of carbonyl (C=O) groups excluding carboxylic acids is 1. The summed E-state index contributed by atoms with van der Waals surface area (Å²) >= 11 is 0. The summed E-state index contributed by atoms with van der Waals surface area (Å²) in [4.78, 5) is 20.1. The molecule has 0 saturated heterocycles. The second-order valence-corrected chi connectivity index (χ2v) is 10.2.